The van der Waals surface area contributed by atoms with Crippen molar-refractivity contribution in [1.82, 2.24) is 14.7 Å². The molecule has 192 valence electrons. The molecule has 0 saturated heterocycles. The summed E-state index contributed by atoms with van der Waals surface area (Å²) in [6.45, 7) is 2.71. The fourth-order valence-corrected chi connectivity index (χ4v) is 4.32. The van der Waals surface area contributed by atoms with Gasteiger partial charge in [0.2, 0.25) is 5.82 Å². The number of aromatic nitrogens is 3. The van der Waals surface area contributed by atoms with Gasteiger partial charge in [-0.25, -0.2) is 0 Å². The Morgan fingerprint density at radius 3 is 2.38 bits per heavy atom. The molecule has 1 aliphatic carbocycles. The molecule has 2 heterocycles. The van der Waals surface area contributed by atoms with Gasteiger partial charge in [0.15, 0.2) is 0 Å². The van der Waals surface area contributed by atoms with E-state index in [9.17, 15) is 23.1 Å². The van der Waals surface area contributed by atoms with E-state index in [-0.39, 0.29) is 34.9 Å². The molecular formula is C28H26F3N3O3. The summed E-state index contributed by atoms with van der Waals surface area (Å²) in [5.41, 5.74) is 0.850. The van der Waals surface area contributed by atoms with E-state index >= 15 is 0 Å². The number of aliphatic hydroxyl groups is 1. The van der Waals surface area contributed by atoms with E-state index < -0.39 is 11.6 Å². The minimum atomic E-state index is -4.38. The zero-order valence-corrected chi connectivity index (χ0v) is 20.4. The van der Waals surface area contributed by atoms with E-state index in [2.05, 4.69) is 10.1 Å². The Bertz CT molecular complexity index is 1480. The number of hydrogen-bond donors (Lipinski definition) is 1. The Kier molecular flexibility index (Phi) is 6.06. The lowest BCUT2D eigenvalue weighted by molar-refractivity contribution is -0.180. The highest BCUT2D eigenvalue weighted by molar-refractivity contribution is 5.59. The van der Waals surface area contributed by atoms with Gasteiger partial charge in [0.1, 0.15) is 0 Å². The molecule has 0 unspecified atom stereocenters. The molecule has 1 aliphatic rings. The fraction of sp³-hybridized carbons (Fsp3) is 0.321. The number of aliphatic hydroxyl groups excluding tert-OH is 1. The Hall–Kier alpha value is -3.72. The molecule has 2 aromatic carbocycles. The molecular weight excluding hydrogens is 483 g/mol. The van der Waals surface area contributed by atoms with Gasteiger partial charge in [0.25, 0.3) is 11.4 Å². The van der Waals surface area contributed by atoms with Crippen LogP contribution in [0.15, 0.2) is 76.2 Å². The highest BCUT2D eigenvalue weighted by atomic mass is 19.4. The first-order valence-corrected chi connectivity index (χ1v) is 11.9. The minimum absolute atomic E-state index is 0.105. The third kappa shape index (κ3) is 4.71. The maximum absolute atomic E-state index is 13.3. The fourth-order valence-electron chi connectivity index (χ4n) is 4.32. The Labute approximate surface area is 211 Å². The van der Waals surface area contributed by atoms with Gasteiger partial charge in [-0.05, 0) is 49.4 Å². The van der Waals surface area contributed by atoms with Crippen LogP contribution in [0.4, 0.5) is 13.2 Å². The molecule has 9 heteroatoms. The summed E-state index contributed by atoms with van der Waals surface area (Å²) in [4.78, 5) is 16.9. The molecule has 5 rings (SSSR count). The topological polar surface area (TPSA) is 81.2 Å². The van der Waals surface area contributed by atoms with Gasteiger partial charge >= 0.3 is 6.18 Å². The Balaban J connectivity index is 1.38. The molecule has 2 aromatic heterocycles. The summed E-state index contributed by atoms with van der Waals surface area (Å²) in [7, 11) is 0. The number of pyridine rings is 1. The van der Waals surface area contributed by atoms with Crippen molar-refractivity contribution >= 4 is 0 Å². The van der Waals surface area contributed by atoms with Crippen molar-refractivity contribution in [1.29, 1.82) is 0 Å². The van der Waals surface area contributed by atoms with Crippen LogP contribution in [-0.2, 0) is 17.4 Å². The van der Waals surface area contributed by atoms with E-state index in [1.807, 2.05) is 24.3 Å². The van der Waals surface area contributed by atoms with Crippen LogP contribution in [0.25, 0.3) is 22.8 Å². The van der Waals surface area contributed by atoms with E-state index in [0.29, 0.717) is 17.7 Å². The maximum atomic E-state index is 13.3. The summed E-state index contributed by atoms with van der Waals surface area (Å²) in [5.74, 6) is 0.421. The van der Waals surface area contributed by atoms with Crippen LogP contribution < -0.4 is 5.56 Å². The molecule has 0 atom stereocenters. The van der Waals surface area contributed by atoms with E-state index in [4.69, 9.17) is 4.52 Å². The van der Waals surface area contributed by atoms with Crippen LogP contribution in [-0.4, -0.2) is 32.6 Å². The number of benzene rings is 2. The average molecular weight is 510 g/mol. The first kappa shape index (κ1) is 25.0. The lowest BCUT2D eigenvalue weighted by Gasteiger charge is -2.28. The highest BCUT2D eigenvalue weighted by Crippen LogP contribution is 2.47. The molecule has 1 fully saturated rings. The SMILES string of the molecule is CC(C)(c1ccc(-c2noc(-c3ccc(=O)n(Cc4cccc(C5(CO)CC5)c4)c3)n2)cc1)C(F)(F)F. The van der Waals surface area contributed by atoms with Crippen LogP contribution in [0, 0.1) is 0 Å². The monoisotopic (exact) mass is 509 g/mol. The van der Waals surface area contributed by atoms with Crippen molar-refractivity contribution in [2.24, 2.45) is 0 Å². The first-order valence-electron chi connectivity index (χ1n) is 11.9. The molecule has 1 saturated carbocycles. The van der Waals surface area contributed by atoms with Gasteiger partial charge < -0.3 is 14.2 Å². The molecule has 0 amide bonds. The van der Waals surface area contributed by atoms with Gasteiger partial charge in [0.05, 0.1) is 24.1 Å². The van der Waals surface area contributed by atoms with Gasteiger partial charge in [0, 0.05) is 23.2 Å². The lowest BCUT2D eigenvalue weighted by atomic mass is 9.83. The van der Waals surface area contributed by atoms with Crippen LogP contribution in [0.2, 0.25) is 0 Å². The summed E-state index contributed by atoms with van der Waals surface area (Å²) < 4.78 is 47.0. The minimum Gasteiger partial charge on any atom is -0.395 e. The summed E-state index contributed by atoms with van der Waals surface area (Å²) in [5, 5.41) is 13.7. The molecule has 0 radical (unpaired) electrons. The van der Waals surface area contributed by atoms with Crippen molar-refractivity contribution in [2.45, 2.75) is 50.2 Å². The van der Waals surface area contributed by atoms with E-state index in [0.717, 1.165) is 37.8 Å². The lowest BCUT2D eigenvalue weighted by Crippen LogP contribution is -2.36. The number of halogens is 3. The van der Waals surface area contributed by atoms with Crippen molar-refractivity contribution in [3.63, 3.8) is 0 Å². The van der Waals surface area contributed by atoms with Gasteiger partial charge in [-0.3, -0.25) is 4.79 Å². The quantitative estimate of drug-likeness (QED) is 0.357. The van der Waals surface area contributed by atoms with Crippen LogP contribution >= 0.6 is 0 Å². The van der Waals surface area contributed by atoms with Crippen molar-refractivity contribution in [3.8, 4) is 22.8 Å². The molecule has 4 aromatic rings. The third-order valence-electron chi connectivity index (χ3n) is 7.28. The smallest absolute Gasteiger partial charge is 0.395 e. The Morgan fingerprint density at radius 2 is 1.73 bits per heavy atom. The van der Waals surface area contributed by atoms with E-state index in [1.54, 1.807) is 16.8 Å². The zero-order chi connectivity index (χ0) is 26.4. The molecule has 0 bridgehead atoms. The molecule has 6 nitrogen and oxygen atoms in total. The van der Waals surface area contributed by atoms with Crippen molar-refractivity contribution in [2.75, 3.05) is 6.61 Å². The maximum Gasteiger partial charge on any atom is 0.397 e. The zero-order valence-electron chi connectivity index (χ0n) is 20.4. The summed E-state index contributed by atoms with van der Waals surface area (Å²) >= 11 is 0. The number of nitrogens with zero attached hydrogens (tertiary/aromatic N) is 3. The first-order chi connectivity index (χ1) is 17.5. The highest BCUT2D eigenvalue weighted by Gasteiger charge is 2.48. The predicted molar refractivity (Wildman–Crippen MR) is 132 cm³/mol. The second kappa shape index (κ2) is 8.99. The molecule has 0 aliphatic heterocycles. The molecule has 37 heavy (non-hydrogen) atoms. The largest absolute Gasteiger partial charge is 0.397 e. The Morgan fingerprint density at radius 1 is 1.03 bits per heavy atom. The normalized spacial score (nSPS) is 15.1. The van der Waals surface area contributed by atoms with Gasteiger partial charge in [-0.2, -0.15) is 18.2 Å². The molecule has 0 spiro atoms. The molecule has 1 N–H and O–H groups in total. The predicted octanol–water partition coefficient (Wildman–Crippen LogP) is 5.48. The van der Waals surface area contributed by atoms with Gasteiger partial charge in [-0.15, -0.1) is 0 Å². The summed E-state index contributed by atoms with van der Waals surface area (Å²) in [6, 6.07) is 16.8. The second-order valence-corrected chi connectivity index (χ2v) is 10.1. The van der Waals surface area contributed by atoms with Crippen molar-refractivity contribution in [3.05, 3.63) is 93.9 Å². The standard InChI is InChI=1S/C28H26F3N3O3/c1-26(2,28(29,30)31)21-9-6-19(7-10-21)24-32-25(37-33-24)20-8-11-23(36)34(16-20)15-18-4-3-5-22(14-18)27(17-35)12-13-27/h3-11,14,16,35H,12-13,15,17H2,1-2H3. The third-order valence-corrected chi connectivity index (χ3v) is 7.28. The average Bonchev–Trinajstić information content (AvgIpc) is 3.53. The second-order valence-electron chi connectivity index (χ2n) is 10.1. The van der Waals surface area contributed by atoms with Crippen LogP contribution in [0.3, 0.4) is 0 Å². The van der Waals surface area contributed by atoms with Crippen LogP contribution in [0.5, 0.6) is 0 Å². The number of rotatable bonds is 7. The van der Waals surface area contributed by atoms with Gasteiger partial charge in [-0.1, -0.05) is 53.7 Å². The van der Waals surface area contributed by atoms with Crippen LogP contribution in [0.1, 0.15) is 43.4 Å². The number of hydrogen-bond acceptors (Lipinski definition) is 5. The summed E-state index contributed by atoms with van der Waals surface area (Å²) in [6.07, 6.45) is -0.841. The van der Waals surface area contributed by atoms with E-state index in [1.165, 1.54) is 30.3 Å². The number of alkyl halides is 3. The van der Waals surface area contributed by atoms with Crippen molar-refractivity contribution < 1.29 is 22.8 Å².